The molecule has 2 aromatic heterocycles. The predicted molar refractivity (Wildman–Crippen MR) is 114 cm³/mol. The molecule has 4 rings (SSSR count). The summed E-state index contributed by atoms with van der Waals surface area (Å²) in [5, 5.41) is 5.03. The summed E-state index contributed by atoms with van der Waals surface area (Å²) in [6, 6.07) is 16.9. The van der Waals surface area contributed by atoms with Crippen LogP contribution in [-0.2, 0) is 0 Å². The molecule has 0 unspecified atom stereocenters. The van der Waals surface area contributed by atoms with E-state index in [0.29, 0.717) is 5.92 Å². The van der Waals surface area contributed by atoms with Crippen molar-refractivity contribution >= 4 is 21.5 Å². The number of nitrogens with zero attached hydrogens (tertiary/aromatic N) is 2. The molecule has 0 aliphatic heterocycles. The van der Waals surface area contributed by atoms with Crippen LogP contribution in [0.2, 0.25) is 0 Å². The molecule has 0 aliphatic carbocycles. The maximum atomic E-state index is 4.11. The van der Waals surface area contributed by atoms with Crippen molar-refractivity contribution in [1.82, 2.24) is 9.97 Å². The zero-order valence-corrected chi connectivity index (χ0v) is 16.4. The first-order valence-corrected chi connectivity index (χ1v) is 9.28. The topological polar surface area (TPSA) is 25.8 Å². The van der Waals surface area contributed by atoms with E-state index < -0.39 is 0 Å². The Labute approximate surface area is 156 Å². The molecule has 0 saturated heterocycles. The van der Waals surface area contributed by atoms with Crippen LogP contribution < -0.4 is 0 Å². The van der Waals surface area contributed by atoms with E-state index in [-0.39, 0.29) is 0 Å². The van der Waals surface area contributed by atoms with E-state index in [9.17, 15) is 0 Å². The highest BCUT2D eigenvalue weighted by Gasteiger charge is 2.03. The minimum atomic E-state index is 0.575. The summed E-state index contributed by atoms with van der Waals surface area (Å²) in [5.41, 5.74) is 2.69. The smallest absolute Gasteiger partial charge is 0.0346 e. The largest absolute Gasteiger partial charge is 0.264 e. The highest BCUT2D eigenvalue weighted by Crippen LogP contribution is 2.24. The summed E-state index contributed by atoms with van der Waals surface area (Å²) >= 11 is 0. The molecule has 4 aromatic rings. The van der Waals surface area contributed by atoms with E-state index in [4.69, 9.17) is 0 Å². The van der Waals surface area contributed by atoms with Gasteiger partial charge in [0.1, 0.15) is 0 Å². The van der Waals surface area contributed by atoms with E-state index >= 15 is 0 Å². The second-order valence-corrected chi connectivity index (χ2v) is 6.33. The quantitative estimate of drug-likeness (QED) is 0.374. The molecule has 0 fully saturated rings. The molecule has 0 aliphatic rings. The number of benzene rings is 2. The zero-order valence-electron chi connectivity index (χ0n) is 16.4. The van der Waals surface area contributed by atoms with Gasteiger partial charge < -0.3 is 0 Å². The number of fused-ring (bicyclic) bond motifs is 2. The Balaban J connectivity index is 0.000000173. The lowest BCUT2D eigenvalue weighted by molar-refractivity contribution is 0.876. The van der Waals surface area contributed by atoms with Crippen molar-refractivity contribution in [3.05, 3.63) is 84.4 Å². The van der Waals surface area contributed by atoms with Crippen LogP contribution in [0.25, 0.3) is 21.5 Å². The summed E-state index contributed by atoms with van der Waals surface area (Å²) < 4.78 is 0. The molecule has 26 heavy (non-hydrogen) atoms. The minimum absolute atomic E-state index is 0.575. The van der Waals surface area contributed by atoms with Gasteiger partial charge in [0.2, 0.25) is 0 Å². The summed E-state index contributed by atoms with van der Waals surface area (Å²) in [4.78, 5) is 8.17. The second kappa shape index (κ2) is 9.67. The Morgan fingerprint density at radius 1 is 0.731 bits per heavy atom. The van der Waals surface area contributed by atoms with Crippen LogP contribution in [0.1, 0.15) is 44.7 Å². The maximum Gasteiger partial charge on any atom is 0.0346 e. The van der Waals surface area contributed by atoms with Crippen molar-refractivity contribution in [2.24, 2.45) is 0 Å². The number of pyridine rings is 2. The molecule has 0 amide bonds. The molecule has 0 N–H and O–H groups in total. The first-order valence-electron chi connectivity index (χ1n) is 9.28. The molecular formula is C24H28N2. The lowest BCUT2D eigenvalue weighted by Crippen LogP contribution is -1.88. The summed E-state index contributed by atoms with van der Waals surface area (Å²) in [7, 11) is 0. The van der Waals surface area contributed by atoms with Gasteiger partial charge in [-0.15, -0.1) is 0 Å². The second-order valence-electron chi connectivity index (χ2n) is 6.33. The summed E-state index contributed by atoms with van der Waals surface area (Å²) in [5.74, 6) is 0.575. The molecular weight excluding hydrogens is 316 g/mol. The standard InChI is InChI=1S/C12H13N.C10H9N.C2H6/c1-9(2)11-5-3-4-10-8-13-7-6-12(10)11;1-8-2-3-9-4-5-11-7-10(9)6-8;1-2/h3-9H,1-2H3;2-7H,1H3;1-2H3. The van der Waals surface area contributed by atoms with Gasteiger partial charge in [0, 0.05) is 35.6 Å². The average molecular weight is 345 g/mol. The van der Waals surface area contributed by atoms with Crippen molar-refractivity contribution in [2.75, 3.05) is 0 Å². The lowest BCUT2D eigenvalue weighted by atomic mass is 9.97. The number of aryl methyl sites for hydroxylation is 1. The predicted octanol–water partition coefficient (Wildman–Crippen LogP) is 6.93. The number of rotatable bonds is 1. The highest BCUT2D eigenvalue weighted by atomic mass is 14.6. The van der Waals surface area contributed by atoms with Gasteiger partial charge in [-0.1, -0.05) is 63.6 Å². The lowest BCUT2D eigenvalue weighted by Gasteiger charge is -2.08. The number of hydrogen-bond acceptors (Lipinski definition) is 2. The Bertz CT molecular complexity index is 953. The van der Waals surface area contributed by atoms with Crippen LogP contribution in [0.15, 0.2) is 73.3 Å². The first kappa shape index (κ1) is 19.6. The Morgan fingerprint density at radius 2 is 1.42 bits per heavy atom. The van der Waals surface area contributed by atoms with Crippen LogP contribution in [-0.4, -0.2) is 9.97 Å². The van der Waals surface area contributed by atoms with Crippen molar-refractivity contribution in [3.8, 4) is 0 Å². The molecule has 2 heteroatoms. The SMILES string of the molecule is CC.CC(C)c1cccc2cnccc12.Cc1ccc2ccncc2c1. The molecule has 0 atom stereocenters. The van der Waals surface area contributed by atoms with Gasteiger partial charge in [0.05, 0.1) is 0 Å². The summed E-state index contributed by atoms with van der Waals surface area (Å²) in [6.45, 7) is 10.5. The average Bonchev–Trinajstić information content (AvgIpc) is 2.69. The first-order chi connectivity index (χ1) is 12.6. The molecule has 0 bridgehead atoms. The minimum Gasteiger partial charge on any atom is -0.264 e. The van der Waals surface area contributed by atoms with Crippen molar-refractivity contribution in [1.29, 1.82) is 0 Å². The van der Waals surface area contributed by atoms with Gasteiger partial charge in [-0.3, -0.25) is 9.97 Å². The van der Waals surface area contributed by atoms with Crippen LogP contribution in [0.4, 0.5) is 0 Å². The van der Waals surface area contributed by atoms with Crippen LogP contribution >= 0.6 is 0 Å². The molecule has 134 valence electrons. The van der Waals surface area contributed by atoms with Gasteiger partial charge in [0.15, 0.2) is 0 Å². The normalized spacial score (nSPS) is 10.1. The monoisotopic (exact) mass is 344 g/mol. The maximum absolute atomic E-state index is 4.11. The zero-order chi connectivity index (χ0) is 18.9. The van der Waals surface area contributed by atoms with Crippen LogP contribution in [0.3, 0.4) is 0 Å². The third kappa shape index (κ3) is 4.89. The fourth-order valence-corrected chi connectivity index (χ4v) is 2.86. The van der Waals surface area contributed by atoms with Crippen LogP contribution in [0, 0.1) is 6.92 Å². The molecule has 0 radical (unpaired) electrons. The van der Waals surface area contributed by atoms with Crippen LogP contribution in [0.5, 0.6) is 0 Å². The molecule has 2 nitrogen and oxygen atoms in total. The van der Waals surface area contributed by atoms with E-state index in [0.717, 1.165) is 0 Å². The summed E-state index contributed by atoms with van der Waals surface area (Å²) in [6.07, 6.45) is 7.48. The van der Waals surface area contributed by atoms with Gasteiger partial charge in [-0.2, -0.15) is 0 Å². The Hall–Kier alpha value is -2.74. The van der Waals surface area contributed by atoms with Gasteiger partial charge in [-0.25, -0.2) is 0 Å². The fraction of sp³-hybridized carbons (Fsp3) is 0.250. The third-order valence-corrected chi connectivity index (χ3v) is 4.13. The van der Waals surface area contributed by atoms with Crippen molar-refractivity contribution in [2.45, 2.75) is 40.5 Å². The Kier molecular flexibility index (Phi) is 7.28. The van der Waals surface area contributed by atoms with Crippen molar-refractivity contribution < 1.29 is 0 Å². The van der Waals surface area contributed by atoms with E-state index in [1.807, 2.05) is 44.7 Å². The number of hydrogen-bond donors (Lipinski definition) is 0. The molecule has 2 aromatic carbocycles. The van der Waals surface area contributed by atoms with E-state index in [1.165, 1.54) is 32.7 Å². The highest BCUT2D eigenvalue weighted by molar-refractivity contribution is 5.85. The Morgan fingerprint density at radius 3 is 2.15 bits per heavy atom. The van der Waals surface area contributed by atoms with Gasteiger partial charge >= 0.3 is 0 Å². The van der Waals surface area contributed by atoms with Gasteiger partial charge in [0.25, 0.3) is 0 Å². The number of aromatic nitrogens is 2. The third-order valence-electron chi connectivity index (χ3n) is 4.13. The fourth-order valence-electron chi connectivity index (χ4n) is 2.86. The van der Waals surface area contributed by atoms with E-state index in [2.05, 4.69) is 73.2 Å². The van der Waals surface area contributed by atoms with Crippen molar-refractivity contribution in [3.63, 3.8) is 0 Å². The molecule has 0 spiro atoms. The molecule has 2 heterocycles. The molecule has 0 saturated carbocycles. The van der Waals surface area contributed by atoms with Gasteiger partial charge in [-0.05, 0) is 47.4 Å². The van der Waals surface area contributed by atoms with E-state index in [1.54, 1.807) is 0 Å².